The number of nitrogens with two attached hydrogens (primary N) is 1. The average Bonchev–Trinajstić information content (AvgIpc) is 3.04. The highest BCUT2D eigenvalue weighted by atomic mass is 35.5. The van der Waals surface area contributed by atoms with Gasteiger partial charge in [0.15, 0.2) is 0 Å². The van der Waals surface area contributed by atoms with E-state index in [-0.39, 0.29) is 22.8 Å². The topological polar surface area (TPSA) is 200 Å². The average molecular weight is 677 g/mol. The number of carbonyl (C=O) groups excluding carboxylic acids is 5. The molecule has 14 heteroatoms. The third kappa shape index (κ3) is 11.0. The van der Waals surface area contributed by atoms with E-state index >= 15 is 0 Å². The van der Waals surface area contributed by atoms with E-state index in [0.717, 1.165) is 17.7 Å². The number of nitrogens with one attached hydrogen (secondary N) is 4. The number of hydrogen-bond acceptors (Lipinski definition) is 7. The maximum absolute atomic E-state index is 13.7. The number of benzene rings is 3. The number of amides is 5. The normalized spacial score (nSPS) is 12.3. The molecule has 3 rings (SSSR count). The molecule has 252 valence electrons. The minimum atomic E-state index is -1.45. The highest BCUT2D eigenvalue weighted by molar-refractivity contribution is 6.33. The zero-order valence-electron chi connectivity index (χ0n) is 26.5. The molecule has 0 aromatic heterocycles. The van der Waals surface area contributed by atoms with E-state index in [4.69, 9.17) is 17.3 Å². The Kier molecular flexibility index (Phi) is 12.8. The molecule has 3 aromatic carbocycles. The SMILES string of the molecule is CC(C)(C)C(NC(=O)c1ccc(N)c(Cl)c1)C(=O)NC(C(=O)NN(CC(=O)O)C(=O)/C=C/C(=O)NCc1ccccc1)c1ccccc1. The smallest absolute Gasteiger partial charge is 0.325 e. The van der Waals surface area contributed by atoms with Gasteiger partial charge in [0.05, 0.1) is 10.7 Å². The van der Waals surface area contributed by atoms with E-state index in [1.807, 2.05) is 6.07 Å². The molecule has 0 radical (unpaired) electrons. The van der Waals surface area contributed by atoms with Gasteiger partial charge in [0, 0.05) is 24.3 Å². The van der Waals surface area contributed by atoms with Crippen molar-refractivity contribution in [3.8, 4) is 0 Å². The molecular weight excluding hydrogens is 640 g/mol. The maximum Gasteiger partial charge on any atom is 0.325 e. The third-order valence-electron chi connectivity index (χ3n) is 6.84. The molecule has 3 aromatic rings. The lowest BCUT2D eigenvalue weighted by atomic mass is 9.85. The van der Waals surface area contributed by atoms with Crippen LogP contribution in [0.5, 0.6) is 0 Å². The zero-order chi connectivity index (χ0) is 35.4. The van der Waals surface area contributed by atoms with Crippen molar-refractivity contribution < 1.29 is 33.9 Å². The molecule has 0 aliphatic carbocycles. The van der Waals surface area contributed by atoms with Crippen molar-refractivity contribution >= 4 is 52.8 Å². The number of nitrogens with zero attached hydrogens (tertiary/aromatic N) is 1. The van der Waals surface area contributed by atoms with Crippen LogP contribution < -0.4 is 27.1 Å². The van der Waals surface area contributed by atoms with E-state index in [1.165, 1.54) is 18.2 Å². The third-order valence-corrected chi connectivity index (χ3v) is 7.17. The van der Waals surface area contributed by atoms with E-state index in [0.29, 0.717) is 10.6 Å². The fourth-order valence-corrected chi connectivity index (χ4v) is 4.50. The second-order valence-electron chi connectivity index (χ2n) is 11.7. The molecule has 7 N–H and O–H groups in total. The van der Waals surface area contributed by atoms with Gasteiger partial charge in [-0.15, -0.1) is 0 Å². The van der Waals surface area contributed by atoms with Crippen molar-refractivity contribution in [1.82, 2.24) is 26.4 Å². The van der Waals surface area contributed by atoms with Crippen LogP contribution in [-0.2, 0) is 30.5 Å². The van der Waals surface area contributed by atoms with Crippen LogP contribution in [0.1, 0.15) is 48.3 Å². The molecular formula is C34H37ClN6O7. The number of hydrogen-bond donors (Lipinski definition) is 6. The first-order valence-corrected chi connectivity index (χ1v) is 15.1. The number of rotatable bonds is 12. The largest absolute Gasteiger partial charge is 0.480 e. The number of hydrazine groups is 1. The lowest BCUT2D eigenvalue weighted by molar-refractivity contribution is -0.148. The Bertz CT molecular complexity index is 1680. The van der Waals surface area contributed by atoms with Crippen LogP contribution >= 0.6 is 11.6 Å². The summed E-state index contributed by atoms with van der Waals surface area (Å²) < 4.78 is 0. The molecule has 0 spiro atoms. The fourth-order valence-electron chi connectivity index (χ4n) is 4.32. The molecule has 0 saturated heterocycles. The number of aliphatic carboxylic acids is 1. The maximum atomic E-state index is 13.7. The Morgan fingerprint density at radius 2 is 1.50 bits per heavy atom. The number of carboxylic acid groups (broad SMARTS) is 1. The predicted octanol–water partition coefficient (Wildman–Crippen LogP) is 2.74. The van der Waals surface area contributed by atoms with E-state index in [9.17, 15) is 33.9 Å². The van der Waals surface area contributed by atoms with E-state index < -0.39 is 59.5 Å². The minimum Gasteiger partial charge on any atom is -0.480 e. The van der Waals surface area contributed by atoms with Crippen molar-refractivity contribution in [2.45, 2.75) is 39.4 Å². The van der Waals surface area contributed by atoms with Crippen molar-refractivity contribution in [3.05, 3.63) is 113 Å². The second-order valence-corrected chi connectivity index (χ2v) is 12.1. The summed E-state index contributed by atoms with van der Waals surface area (Å²) in [5.74, 6) is -5.42. The first kappa shape index (κ1) is 36.8. The van der Waals surface area contributed by atoms with Gasteiger partial charge in [-0.1, -0.05) is 93.0 Å². The summed E-state index contributed by atoms with van der Waals surface area (Å²) in [6, 6.07) is 18.7. The summed E-state index contributed by atoms with van der Waals surface area (Å²) >= 11 is 6.07. The summed E-state index contributed by atoms with van der Waals surface area (Å²) in [6.07, 6.45) is 1.72. The molecule has 13 nitrogen and oxygen atoms in total. The van der Waals surface area contributed by atoms with Crippen LogP contribution in [0.25, 0.3) is 0 Å². The number of nitrogen functional groups attached to an aromatic ring is 1. The number of anilines is 1. The predicted molar refractivity (Wildman–Crippen MR) is 179 cm³/mol. The van der Waals surface area contributed by atoms with Crippen LogP contribution in [0.15, 0.2) is 91.0 Å². The van der Waals surface area contributed by atoms with Gasteiger partial charge >= 0.3 is 5.97 Å². The molecule has 48 heavy (non-hydrogen) atoms. The van der Waals surface area contributed by atoms with Crippen LogP contribution in [0, 0.1) is 5.41 Å². The molecule has 0 bridgehead atoms. The molecule has 0 fully saturated rings. The zero-order valence-corrected chi connectivity index (χ0v) is 27.3. The molecule has 0 heterocycles. The van der Waals surface area contributed by atoms with Crippen LogP contribution in [0.4, 0.5) is 5.69 Å². The monoisotopic (exact) mass is 676 g/mol. The Hall–Kier alpha value is -5.69. The van der Waals surface area contributed by atoms with Crippen molar-refractivity contribution in [3.63, 3.8) is 0 Å². The minimum absolute atomic E-state index is 0.151. The highest BCUT2D eigenvalue weighted by Gasteiger charge is 2.36. The Labute approximate surface area is 282 Å². The quantitative estimate of drug-likeness (QED) is 0.0955. The Balaban J connectivity index is 1.80. The lowest BCUT2D eigenvalue weighted by Crippen LogP contribution is -2.57. The van der Waals surface area contributed by atoms with E-state index in [2.05, 4.69) is 21.4 Å². The summed E-state index contributed by atoms with van der Waals surface area (Å²) in [4.78, 5) is 77.3. The summed E-state index contributed by atoms with van der Waals surface area (Å²) in [5.41, 5.74) is 8.67. The molecule has 0 saturated carbocycles. The first-order chi connectivity index (χ1) is 22.6. The van der Waals surface area contributed by atoms with Gasteiger partial charge in [-0.3, -0.25) is 34.2 Å². The number of halogens is 1. The molecule has 2 unspecified atom stereocenters. The van der Waals surface area contributed by atoms with Crippen LogP contribution in [0.2, 0.25) is 5.02 Å². The van der Waals surface area contributed by atoms with Crippen molar-refractivity contribution in [2.24, 2.45) is 5.41 Å². The standard InChI is InChI=1S/C34H37ClN6O7/c1-34(2,3)30(39-31(46)23-14-15-25(36)24(35)18-23)33(48)38-29(22-12-8-5-9-13-22)32(47)40-41(20-28(44)45)27(43)17-16-26(42)37-19-21-10-6-4-7-11-21/h4-18,29-30H,19-20,36H2,1-3H3,(H,37,42)(H,38,48)(H,39,46)(H,40,47)(H,44,45)/b17-16+. The first-order valence-electron chi connectivity index (χ1n) is 14.7. The van der Waals surface area contributed by atoms with Gasteiger partial charge < -0.3 is 26.8 Å². The van der Waals surface area contributed by atoms with Gasteiger partial charge in [-0.2, -0.15) is 0 Å². The summed E-state index contributed by atoms with van der Waals surface area (Å²) in [5, 5.41) is 18.0. The van der Waals surface area contributed by atoms with Gasteiger partial charge in [0.2, 0.25) is 11.8 Å². The summed E-state index contributed by atoms with van der Waals surface area (Å²) in [6.45, 7) is 4.36. The van der Waals surface area contributed by atoms with Gasteiger partial charge in [-0.05, 0) is 34.7 Å². The van der Waals surface area contributed by atoms with Crippen LogP contribution in [0.3, 0.4) is 0 Å². The number of carboxylic acids is 1. The van der Waals surface area contributed by atoms with Crippen molar-refractivity contribution in [1.29, 1.82) is 0 Å². The van der Waals surface area contributed by atoms with Gasteiger partial charge in [0.25, 0.3) is 17.7 Å². The van der Waals surface area contributed by atoms with Crippen molar-refractivity contribution in [2.75, 3.05) is 12.3 Å². The molecule has 2 atom stereocenters. The Morgan fingerprint density at radius 3 is 2.08 bits per heavy atom. The fraction of sp³-hybridized carbons (Fsp3) is 0.235. The van der Waals surface area contributed by atoms with Crippen LogP contribution in [-0.4, -0.2) is 58.2 Å². The highest BCUT2D eigenvalue weighted by Crippen LogP contribution is 2.24. The summed E-state index contributed by atoms with van der Waals surface area (Å²) in [7, 11) is 0. The van der Waals surface area contributed by atoms with E-state index in [1.54, 1.807) is 75.4 Å². The van der Waals surface area contributed by atoms with Gasteiger partial charge in [-0.25, -0.2) is 5.01 Å². The number of carbonyl (C=O) groups is 6. The lowest BCUT2D eigenvalue weighted by Gasteiger charge is -2.32. The molecule has 5 amide bonds. The second kappa shape index (κ2) is 16.7. The van der Waals surface area contributed by atoms with Gasteiger partial charge in [0.1, 0.15) is 18.6 Å². The Morgan fingerprint density at radius 1 is 0.875 bits per heavy atom. The molecule has 0 aliphatic rings. The molecule has 0 aliphatic heterocycles.